The Kier molecular flexibility index (Phi) is 10.1. The number of benzene rings is 3. The second kappa shape index (κ2) is 13.3. The number of fused-ring (bicyclic) bond motifs is 1. The molecule has 1 saturated carbocycles. The van der Waals surface area contributed by atoms with Crippen LogP contribution in [0.4, 0.5) is 0 Å². The molecule has 4 nitrogen and oxygen atoms in total. The molecule has 4 heteroatoms. The SMILES string of the molecule is CC1CCCC(NC(C)c2cccc3ccccc23)C1.CCN(CCO)C(=O)c1ccccc1. The second-order valence-electron chi connectivity index (χ2n) is 9.40. The summed E-state index contributed by atoms with van der Waals surface area (Å²) in [6.45, 7) is 7.61. The third-order valence-corrected chi connectivity index (χ3v) is 6.77. The van der Waals surface area contributed by atoms with Gasteiger partial charge in [-0.3, -0.25) is 4.79 Å². The van der Waals surface area contributed by atoms with Crippen molar-refractivity contribution in [2.24, 2.45) is 5.92 Å². The molecule has 0 aromatic heterocycles. The molecule has 1 amide bonds. The summed E-state index contributed by atoms with van der Waals surface area (Å²) in [6.07, 6.45) is 5.44. The van der Waals surface area contributed by atoms with Crippen molar-refractivity contribution in [1.82, 2.24) is 10.2 Å². The van der Waals surface area contributed by atoms with E-state index in [-0.39, 0.29) is 12.5 Å². The number of aliphatic hydroxyl groups is 1. The van der Waals surface area contributed by atoms with Crippen LogP contribution >= 0.6 is 0 Å². The van der Waals surface area contributed by atoms with E-state index in [1.54, 1.807) is 17.0 Å². The zero-order valence-corrected chi connectivity index (χ0v) is 20.9. The van der Waals surface area contributed by atoms with Crippen molar-refractivity contribution in [2.45, 2.75) is 58.5 Å². The molecule has 0 aliphatic heterocycles. The summed E-state index contributed by atoms with van der Waals surface area (Å²) < 4.78 is 0. The zero-order valence-electron chi connectivity index (χ0n) is 20.9. The summed E-state index contributed by atoms with van der Waals surface area (Å²) in [7, 11) is 0. The van der Waals surface area contributed by atoms with E-state index in [2.05, 4.69) is 61.6 Å². The van der Waals surface area contributed by atoms with Crippen molar-refractivity contribution in [3.63, 3.8) is 0 Å². The summed E-state index contributed by atoms with van der Waals surface area (Å²) >= 11 is 0. The fourth-order valence-corrected chi connectivity index (χ4v) is 4.94. The molecule has 2 N–H and O–H groups in total. The second-order valence-corrected chi connectivity index (χ2v) is 9.40. The minimum atomic E-state index is -0.0258. The predicted molar refractivity (Wildman–Crippen MR) is 142 cm³/mol. The Balaban J connectivity index is 0.000000204. The van der Waals surface area contributed by atoms with Crippen molar-refractivity contribution in [3.05, 3.63) is 83.9 Å². The molecule has 34 heavy (non-hydrogen) atoms. The number of hydrogen-bond acceptors (Lipinski definition) is 3. The monoisotopic (exact) mass is 460 g/mol. The molecule has 1 aliphatic carbocycles. The van der Waals surface area contributed by atoms with Crippen LogP contribution in [0, 0.1) is 5.92 Å². The summed E-state index contributed by atoms with van der Waals surface area (Å²) in [5.74, 6) is 0.850. The lowest BCUT2D eigenvalue weighted by Crippen LogP contribution is -2.35. The van der Waals surface area contributed by atoms with Crippen molar-refractivity contribution in [3.8, 4) is 0 Å². The Hall–Kier alpha value is -2.69. The van der Waals surface area contributed by atoms with Crippen molar-refractivity contribution >= 4 is 16.7 Å². The van der Waals surface area contributed by atoms with Gasteiger partial charge in [-0.2, -0.15) is 0 Å². The molecule has 3 aromatic rings. The van der Waals surface area contributed by atoms with Gasteiger partial charge in [0.05, 0.1) is 6.61 Å². The number of likely N-dealkylation sites (N-methyl/N-ethyl adjacent to an activating group) is 1. The molecule has 0 saturated heterocycles. The summed E-state index contributed by atoms with van der Waals surface area (Å²) in [4.78, 5) is 13.4. The number of nitrogens with one attached hydrogen (secondary N) is 1. The Morgan fingerprint density at radius 1 is 1.03 bits per heavy atom. The van der Waals surface area contributed by atoms with Gasteiger partial charge < -0.3 is 15.3 Å². The molecular weight excluding hydrogens is 420 g/mol. The van der Waals surface area contributed by atoms with Gasteiger partial charge in [0, 0.05) is 30.7 Å². The summed E-state index contributed by atoms with van der Waals surface area (Å²) in [5, 5.41) is 15.4. The number of carbonyl (C=O) groups excluding carboxylic acids is 1. The van der Waals surface area contributed by atoms with Crippen LogP contribution in [-0.4, -0.2) is 41.7 Å². The Labute approximate surface area is 205 Å². The van der Waals surface area contributed by atoms with E-state index < -0.39 is 0 Å². The zero-order chi connectivity index (χ0) is 24.3. The summed E-state index contributed by atoms with van der Waals surface area (Å²) in [5.41, 5.74) is 2.10. The number of hydrogen-bond donors (Lipinski definition) is 2. The van der Waals surface area contributed by atoms with Crippen LogP contribution in [-0.2, 0) is 0 Å². The molecule has 0 radical (unpaired) electrons. The van der Waals surface area contributed by atoms with Gasteiger partial charge in [-0.05, 0) is 61.1 Å². The highest BCUT2D eigenvalue weighted by Crippen LogP contribution is 2.28. The Morgan fingerprint density at radius 2 is 1.74 bits per heavy atom. The lowest BCUT2D eigenvalue weighted by Gasteiger charge is -2.30. The highest BCUT2D eigenvalue weighted by Gasteiger charge is 2.21. The maximum absolute atomic E-state index is 11.8. The Morgan fingerprint density at radius 3 is 2.44 bits per heavy atom. The average molecular weight is 461 g/mol. The van der Waals surface area contributed by atoms with Crippen molar-refractivity contribution in [2.75, 3.05) is 19.7 Å². The molecule has 1 fully saturated rings. The van der Waals surface area contributed by atoms with Crippen molar-refractivity contribution < 1.29 is 9.90 Å². The maximum Gasteiger partial charge on any atom is 0.253 e. The van der Waals surface area contributed by atoms with E-state index in [9.17, 15) is 4.79 Å². The largest absolute Gasteiger partial charge is 0.395 e. The molecule has 4 rings (SSSR count). The molecular formula is C30H40N2O2. The lowest BCUT2D eigenvalue weighted by atomic mass is 9.86. The topological polar surface area (TPSA) is 52.6 Å². The van der Waals surface area contributed by atoms with E-state index in [0.29, 0.717) is 30.7 Å². The van der Waals surface area contributed by atoms with Gasteiger partial charge in [-0.25, -0.2) is 0 Å². The lowest BCUT2D eigenvalue weighted by molar-refractivity contribution is 0.0732. The van der Waals surface area contributed by atoms with Crippen LogP contribution in [0.3, 0.4) is 0 Å². The minimum absolute atomic E-state index is 0.00636. The van der Waals surface area contributed by atoms with Gasteiger partial charge in [-0.15, -0.1) is 0 Å². The molecule has 0 spiro atoms. The molecule has 3 unspecified atom stereocenters. The van der Waals surface area contributed by atoms with E-state index in [1.807, 2.05) is 25.1 Å². The van der Waals surface area contributed by atoms with Crippen LogP contribution in [0.2, 0.25) is 0 Å². The fraction of sp³-hybridized carbons (Fsp3) is 0.433. The van der Waals surface area contributed by atoms with E-state index in [1.165, 1.54) is 42.0 Å². The highest BCUT2D eigenvalue weighted by molar-refractivity contribution is 5.94. The molecule has 182 valence electrons. The first-order valence-electron chi connectivity index (χ1n) is 12.7. The quantitative estimate of drug-likeness (QED) is 0.441. The van der Waals surface area contributed by atoms with Gasteiger partial charge in [-0.1, -0.05) is 80.4 Å². The van der Waals surface area contributed by atoms with E-state index in [4.69, 9.17) is 5.11 Å². The van der Waals surface area contributed by atoms with Crippen LogP contribution in [0.1, 0.15) is 68.4 Å². The van der Waals surface area contributed by atoms with Crippen LogP contribution < -0.4 is 5.32 Å². The van der Waals surface area contributed by atoms with Crippen LogP contribution in [0.25, 0.3) is 10.8 Å². The third-order valence-electron chi connectivity index (χ3n) is 6.77. The highest BCUT2D eigenvalue weighted by atomic mass is 16.3. The number of rotatable bonds is 7. The van der Waals surface area contributed by atoms with Crippen LogP contribution in [0.15, 0.2) is 72.8 Å². The van der Waals surface area contributed by atoms with Gasteiger partial charge >= 0.3 is 0 Å². The van der Waals surface area contributed by atoms with Crippen molar-refractivity contribution in [1.29, 1.82) is 0 Å². The Bertz CT molecular complexity index is 1020. The normalized spacial score (nSPS) is 18.6. The first-order chi connectivity index (χ1) is 16.5. The number of carbonyl (C=O) groups is 1. The maximum atomic E-state index is 11.8. The summed E-state index contributed by atoms with van der Waals surface area (Å²) in [6, 6.07) is 25.6. The van der Waals surface area contributed by atoms with Crippen LogP contribution in [0.5, 0.6) is 0 Å². The van der Waals surface area contributed by atoms with Gasteiger partial charge in [0.2, 0.25) is 0 Å². The molecule has 0 heterocycles. The first-order valence-corrected chi connectivity index (χ1v) is 12.7. The first kappa shape index (κ1) is 25.9. The third kappa shape index (κ3) is 7.15. The fourth-order valence-electron chi connectivity index (χ4n) is 4.94. The number of aliphatic hydroxyl groups excluding tert-OH is 1. The molecule has 3 aromatic carbocycles. The predicted octanol–water partition coefficient (Wildman–Crippen LogP) is 6.21. The van der Waals surface area contributed by atoms with Gasteiger partial charge in [0.1, 0.15) is 0 Å². The average Bonchev–Trinajstić information content (AvgIpc) is 2.87. The molecule has 3 atom stereocenters. The standard InChI is InChI=1S/C19H25N.C11H15NO2/c1-14-7-5-10-17(13-14)20-15(2)18-12-6-9-16-8-3-4-11-19(16)18;1-2-12(8-9-13)11(14)10-6-4-3-5-7-10/h3-4,6,8-9,11-12,14-15,17,20H,5,7,10,13H2,1-2H3;3-7,13H,2,8-9H2,1H3. The smallest absolute Gasteiger partial charge is 0.253 e. The number of amides is 1. The molecule has 0 bridgehead atoms. The molecule has 1 aliphatic rings. The van der Waals surface area contributed by atoms with E-state index >= 15 is 0 Å². The van der Waals surface area contributed by atoms with Gasteiger partial charge in [0.25, 0.3) is 5.91 Å². The minimum Gasteiger partial charge on any atom is -0.395 e. The van der Waals surface area contributed by atoms with Gasteiger partial charge in [0.15, 0.2) is 0 Å². The van der Waals surface area contributed by atoms with E-state index in [0.717, 1.165) is 5.92 Å². The number of nitrogens with zero attached hydrogens (tertiary/aromatic N) is 1.